The zero-order valence-electron chi connectivity index (χ0n) is 12.9. The Labute approximate surface area is 116 Å². The Morgan fingerprint density at radius 3 is 2.16 bits per heavy atom. The van der Waals surface area contributed by atoms with E-state index in [1.54, 1.807) is 0 Å². The monoisotopic (exact) mass is 269 g/mol. The second kappa shape index (κ2) is 6.51. The fourth-order valence-corrected chi connectivity index (χ4v) is 2.11. The molecule has 0 bridgehead atoms. The average Bonchev–Trinajstić information content (AvgIpc) is 2.27. The molecule has 1 heterocycles. The predicted octanol–water partition coefficient (Wildman–Crippen LogP) is 2.27. The van der Waals surface area contributed by atoms with Crippen molar-refractivity contribution >= 4 is 11.8 Å². The predicted molar refractivity (Wildman–Crippen MR) is 74.9 cm³/mol. The number of ketones is 1. The van der Waals surface area contributed by atoms with Gasteiger partial charge in [-0.25, -0.2) is 0 Å². The summed E-state index contributed by atoms with van der Waals surface area (Å²) in [5.74, 6) is 0.256. The van der Waals surface area contributed by atoms with Gasteiger partial charge in [0.15, 0.2) is 0 Å². The van der Waals surface area contributed by atoms with Crippen LogP contribution in [0.15, 0.2) is 0 Å². The summed E-state index contributed by atoms with van der Waals surface area (Å²) in [4.78, 5) is 25.8. The van der Waals surface area contributed by atoms with Gasteiger partial charge in [-0.1, -0.05) is 13.8 Å². The van der Waals surface area contributed by atoms with E-state index in [0.717, 1.165) is 25.9 Å². The molecule has 0 aliphatic carbocycles. The maximum Gasteiger partial charge on any atom is 0.309 e. The number of ether oxygens (including phenoxy) is 1. The molecular formula is C15H27NO3. The van der Waals surface area contributed by atoms with Crippen LogP contribution >= 0.6 is 0 Å². The molecule has 1 fully saturated rings. The summed E-state index contributed by atoms with van der Waals surface area (Å²) in [6, 6.07) is 0. The molecule has 0 aromatic carbocycles. The molecule has 19 heavy (non-hydrogen) atoms. The van der Waals surface area contributed by atoms with E-state index < -0.39 is 5.60 Å². The molecule has 4 heteroatoms. The minimum Gasteiger partial charge on any atom is -0.460 e. The summed E-state index contributed by atoms with van der Waals surface area (Å²) in [5, 5.41) is 0. The van der Waals surface area contributed by atoms with Crippen molar-refractivity contribution in [1.29, 1.82) is 0 Å². The molecule has 0 unspecified atom stereocenters. The Kier molecular flexibility index (Phi) is 5.53. The van der Waals surface area contributed by atoms with Crippen LogP contribution in [0.4, 0.5) is 0 Å². The van der Waals surface area contributed by atoms with Crippen LogP contribution in [0.25, 0.3) is 0 Å². The lowest BCUT2D eigenvalue weighted by molar-refractivity contribution is -0.161. The first-order chi connectivity index (χ1) is 8.69. The maximum absolute atomic E-state index is 11.9. The summed E-state index contributed by atoms with van der Waals surface area (Å²) in [7, 11) is 0. The van der Waals surface area contributed by atoms with Crippen LogP contribution in [-0.4, -0.2) is 41.9 Å². The van der Waals surface area contributed by atoms with Crippen molar-refractivity contribution in [1.82, 2.24) is 4.90 Å². The molecule has 1 aliphatic heterocycles. The summed E-state index contributed by atoms with van der Waals surface area (Å²) in [6.45, 7) is 11.7. The summed E-state index contributed by atoms with van der Waals surface area (Å²) < 4.78 is 5.41. The number of Topliss-reactive ketones (excluding diaryl/α,β-unsaturated/α-hetero) is 1. The largest absolute Gasteiger partial charge is 0.460 e. The molecule has 4 nitrogen and oxygen atoms in total. The van der Waals surface area contributed by atoms with Crippen LogP contribution in [0.3, 0.4) is 0 Å². The van der Waals surface area contributed by atoms with Crippen molar-refractivity contribution in [2.24, 2.45) is 11.8 Å². The topological polar surface area (TPSA) is 46.6 Å². The normalized spacial score (nSPS) is 18.6. The third-order valence-corrected chi connectivity index (χ3v) is 3.35. The lowest BCUT2D eigenvalue weighted by Gasteiger charge is -2.32. The van der Waals surface area contributed by atoms with Crippen molar-refractivity contribution in [2.75, 3.05) is 19.6 Å². The Balaban J connectivity index is 2.37. The highest BCUT2D eigenvalue weighted by molar-refractivity contribution is 5.82. The fourth-order valence-electron chi connectivity index (χ4n) is 2.11. The van der Waals surface area contributed by atoms with Crippen LogP contribution in [0, 0.1) is 11.8 Å². The molecule has 110 valence electrons. The molecule has 0 aromatic heterocycles. The van der Waals surface area contributed by atoms with Crippen molar-refractivity contribution in [3.63, 3.8) is 0 Å². The lowest BCUT2D eigenvalue weighted by atomic mass is 9.96. The second-order valence-corrected chi connectivity index (χ2v) is 6.70. The third-order valence-electron chi connectivity index (χ3n) is 3.35. The van der Waals surface area contributed by atoms with Gasteiger partial charge in [0.1, 0.15) is 11.4 Å². The van der Waals surface area contributed by atoms with Gasteiger partial charge < -0.3 is 4.74 Å². The molecule has 1 aliphatic rings. The third kappa shape index (κ3) is 5.72. The van der Waals surface area contributed by atoms with E-state index in [2.05, 4.69) is 4.90 Å². The standard InChI is InChI=1S/C15H27NO3/c1-11(2)13(17)10-16-8-6-12(7-9-16)14(18)19-15(3,4)5/h11-12H,6-10H2,1-5H3. The number of hydrogen-bond donors (Lipinski definition) is 0. The first-order valence-corrected chi connectivity index (χ1v) is 7.17. The highest BCUT2D eigenvalue weighted by Crippen LogP contribution is 2.21. The van der Waals surface area contributed by atoms with E-state index in [-0.39, 0.29) is 23.6 Å². The number of likely N-dealkylation sites (tertiary alicyclic amines) is 1. The molecule has 0 spiro atoms. The quantitative estimate of drug-likeness (QED) is 0.735. The first kappa shape index (κ1) is 16.2. The molecule has 0 aromatic rings. The Morgan fingerprint density at radius 1 is 1.21 bits per heavy atom. The number of carbonyl (C=O) groups is 2. The molecule has 0 atom stereocenters. The van der Waals surface area contributed by atoms with Crippen molar-refractivity contribution in [2.45, 2.75) is 53.1 Å². The van der Waals surface area contributed by atoms with Crippen molar-refractivity contribution in [3.05, 3.63) is 0 Å². The van der Waals surface area contributed by atoms with Crippen LogP contribution < -0.4 is 0 Å². The van der Waals surface area contributed by atoms with Gasteiger partial charge in [0.05, 0.1) is 12.5 Å². The van der Waals surface area contributed by atoms with E-state index in [0.29, 0.717) is 6.54 Å². The van der Waals surface area contributed by atoms with Gasteiger partial charge in [0.25, 0.3) is 0 Å². The Hall–Kier alpha value is -0.900. The lowest BCUT2D eigenvalue weighted by Crippen LogP contribution is -2.41. The Bertz CT molecular complexity index is 323. The van der Waals surface area contributed by atoms with Gasteiger partial charge in [-0.05, 0) is 46.7 Å². The molecule has 0 N–H and O–H groups in total. The van der Waals surface area contributed by atoms with E-state index in [9.17, 15) is 9.59 Å². The number of carbonyl (C=O) groups excluding carboxylic acids is 2. The summed E-state index contributed by atoms with van der Waals surface area (Å²) in [6.07, 6.45) is 1.58. The fraction of sp³-hybridized carbons (Fsp3) is 0.867. The van der Waals surface area contributed by atoms with Gasteiger partial charge in [-0.2, -0.15) is 0 Å². The van der Waals surface area contributed by atoms with E-state index in [1.165, 1.54) is 0 Å². The molecule has 0 amide bonds. The zero-order valence-corrected chi connectivity index (χ0v) is 12.9. The van der Waals surface area contributed by atoms with Gasteiger partial charge in [-0.3, -0.25) is 14.5 Å². The highest BCUT2D eigenvalue weighted by Gasteiger charge is 2.29. The molecular weight excluding hydrogens is 242 g/mol. The number of rotatable bonds is 4. The van der Waals surface area contributed by atoms with Gasteiger partial charge in [0.2, 0.25) is 0 Å². The van der Waals surface area contributed by atoms with Crippen LogP contribution in [-0.2, 0) is 14.3 Å². The van der Waals surface area contributed by atoms with Crippen molar-refractivity contribution < 1.29 is 14.3 Å². The number of piperidine rings is 1. The van der Waals surface area contributed by atoms with E-state index in [1.807, 2.05) is 34.6 Å². The SMILES string of the molecule is CC(C)C(=O)CN1CCC(C(=O)OC(C)(C)C)CC1. The molecule has 0 radical (unpaired) electrons. The van der Waals surface area contributed by atoms with Crippen LogP contribution in [0.1, 0.15) is 47.5 Å². The smallest absolute Gasteiger partial charge is 0.309 e. The molecule has 1 saturated heterocycles. The zero-order chi connectivity index (χ0) is 14.6. The van der Waals surface area contributed by atoms with Crippen LogP contribution in [0.2, 0.25) is 0 Å². The number of nitrogens with zero attached hydrogens (tertiary/aromatic N) is 1. The number of esters is 1. The van der Waals surface area contributed by atoms with E-state index in [4.69, 9.17) is 4.74 Å². The number of hydrogen-bond acceptors (Lipinski definition) is 4. The van der Waals surface area contributed by atoms with Gasteiger partial charge in [-0.15, -0.1) is 0 Å². The molecule has 0 saturated carbocycles. The van der Waals surface area contributed by atoms with Crippen LogP contribution in [0.5, 0.6) is 0 Å². The Morgan fingerprint density at radius 2 is 1.74 bits per heavy atom. The maximum atomic E-state index is 11.9. The summed E-state index contributed by atoms with van der Waals surface area (Å²) in [5.41, 5.74) is -0.415. The van der Waals surface area contributed by atoms with Gasteiger partial charge in [0, 0.05) is 5.92 Å². The molecule has 1 rings (SSSR count). The summed E-state index contributed by atoms with van der Waals surface area (Å²) >= 11 is 0. The van der Waals surface area contributed by atoms with Gasteiger partial charge >= 0.3 is 5.97 Å². The van der Waals surface area contributed by atoms with Crippen molar-refractivity contribution in [3.8, 4) is 0 Å². The minimum atomic E-state index is -0.415. The minimum absolute atomic E-state index is 0.00960. The van der Waals surface area contributed by atoms with E-state index >= 15 is 0 Å². The highest BCUT2D eigenvalue weighted by atomic mass is 16.6. The second-order valence-electron chi connectivity index (χ2n) is 6.70. The first-order valence-electron chi connectivity index (χ1n) is 7.17. The average molecular weight is 269 g/mol.